The third-order valence-electron chi connectivity index (χ3n) is 4.51. The Kier molecular flexibility index (Phi) is 5.34. The number of aryl methyl sites for hydroxylation is 1. The maximum atomic E-state index is 12.1. The van der Waals surface area contributed by atoms with Crippen molar-refractivity contribution in [3.8, 4) is 22.3 Å². The number of hydrogen-bond donors (Lipinski definition) is 0. The Bertz CT molecular complexity index is 960. The van der Waals surface area contributed by atoms with E-state index in [0.29, 0.717) is 17.0 Å². The molecule has 0 aliphatic carbocycles. The van der Waals surface area contributed by atoms with Crippen LogP contribution in [0.5, 0.6) is 0 Å². The SMILES string of the molecule is C=C(C(=O)CC)c1cc(-c2ccc(-c3ccncc3)cc2)c(Cl)cc1C. The van der Waals surface area contributed by atoms with Crippen LogP contribution in [0, 0.1) is 6.92 Å². The summed E-state index contributed by atoms with van der Waals surface area (Å²) < 4.78 is 0. The summed E-state index contributed by atoms with van der Waals surface area (Å²) in [5.74, 6) is 0.0504. The first kappa shape index (κ1) is 18.1. The van der Waals surface area contributed by atoms with Crippen LogP contribution >= 0.6 is 11.6 Å². The third-order valence-corrected chi connectivity index (χ3v) is 4.82. The zero-order valence-electron chi connectivity index (χ0n) is 14.9. The fraction of sp³-hybridized carbons (Fsp3) is 0.130. The second-order valence-electron chi connectivity index (χ2n) is 6.22. The first-order valence-corrected chi connectivity index (χ1v) is 8.92. The fourth-order valence-corrected chi connectivity index (χ4v) is 3.30. The van der Waals surface area contributed by atoms with Gasteiger partial charge >= 0.3 is 0 Å². The number of carbonyl (C=O) groups excluding carboxylic acids is 1. The van der Waals surface area contributed by atoms with E-state index in [4.69, 9.17) is 11.6 Å². The molecule has 3 heteroatoms. The van der Waals surface area contributed by atoms with E-state index in [-0.39, 0.29) is 5.78 Å². The highest BCUT2D eigenvalue weighted by atomic mass is 35.5. The molecule has 0 aliphatic rings. The molecule has 0 aliphatic heterocycles. The Hall–Kier alpha value is -2.71. The molecular weight excluding hydrogens is 342 g/mol. The third kappa shape index (κ3) is 3.61. The van der Waals surface area contributed by atoms with Crippen LogP contribution in [0.2, 0.25) is 5.02 Å². The molecule has 1 heterocycles. The first-order valence-electron chi connectivity index (χ1n) is 8.54. The maximum Gasteiger partial charge on any atom is 0.162 e. The van der Waals surface area contributed by atoms with E-state index >= 15 is 0 Å². The summed E-state index contributed by atoms with van der Waals surface area (Å²) in [6.07, 6.45) is 4.00. The Labute approximate surface area is 159 Å². The van der Waals surface area contributed by atoms with E-state index in [1.165, 1.54) is 0 Å². The molecule has 2 nitrogen and oxygen atoms in total. The molecule has 0 radical (unpaired) electrons. The monoisotopic (exact) mass is 361 g/mol. The second kappa shape index (κ2) is 7.67. The molecule has 26 heavy (non-hydrogen) atoms. The molecule has 0 bridgehead atoms. The largest absolute Gasteiger partial charge is 0.294 e. The molecule has 1 aromatic heterocycles. The standard InChI is InChI=1S/C23H20ClNO/c1-4-23(26)16(3)20-14-21(22(24)13-15(20)2)19-7-5-17(6-8-19)18-9-11-25-12-10-18/h5-14H,3-4H2,1-2H3. The Morgan fingerprint density at radius 2 is 1.58 bits per heavy atom. The van der Waals surface area contributed by atoms with Gasteiger partial charge in [0.25, 0.3) is 0 Å². The van der Waals surface area contributed by atoms with Gasteiger partial charge in [-0.2, -0.15) is 0 Å². The van der Waals surface area contributed by atoms with Crippen molar-refractivity contribution < 1.29 is 4.79 Å². The van der Waals surface area contributed by atoms with Gasteiger partial charge in [-0.25, -0.2) is 0 Å². The minimum absolute atomic E-state index is 0.0504. The maximum absolute atomic E-state index is 12.1. The number of benzene rings is 2. The van der Waals surface area contributed by atoms with Gasteiger partial charge in [0.15, 0.2) is 5.78 Å². The molecule has 0 N–H and O–H groups in total. The van der Waals surface area contributed by atoms with Crippen LogP contribution in [0.3, 0.4) is 0 Å². The number of allylic oxidation sites excluding steroid dienone is 1. The minimum atomic E-state index is 0.0504. The van der Waals surface area contributed by atoms with Crippen molar-refractivity contribution >= 4 is 23.0 Å². The lowest BCUT2D eigenvalue weighted by Crippen LogP contribution is -2.01. The van der Waals surface area contributed by atoms with Crippen molar-refractivity contribution in [1.29, 1.82) is 0 Å². The summed E-state index contributed by atoms with van der Waals surface area (Å²) in [6.45, 7) is 7.77. The summed E-state index contributed by atoms with van der Waals surface area (Å²) in [7, 11) is 0. The summed E-state index contributed by atoms with van der Waals surface area (Å²) in [5.41, 5.74) is 6.49. The summed E-state index contributed by atoms with van der Waals surface area (Å²) in [6, 6.07) is 16.0. The highest BCUT2D eigenvalue weighted by Gasteiger charge is 2.14. The number of carbonyl (C=O) groups is 1. The lowest BCUT2D eigenvalue weighted by Gasteiger charge is -2.13. The molecule has 0 unspecified atom stereocenters. The van der Waals surface area contributed by atoms with Gasteiger partial charge in [-0.1, -0.05) is 49.4 Å². The smallest absolute Gasteiger partial charge is 0.162 e. The number of nitrogens with zero attached hydrogens (tertiary/aromatic N) is 1. The van der Waals surface area contributed by atoms with Crippen molar-refractivity contribution in [3.05, 3.63) is 83.7 Å². The van der Waals surface area contributed by atoms with Crippen LogP contribution in [0.15, 0.2) is 67.5 Å². The van der Waals surface area contributed by atoms with Crippen LogP contribution in [-0.2, 0) is 4.79 Å². The van der Waals surface area contributed by atoms with Gasteiger partial charge in [-0.05, 0) is 59.0 Å². The summed E-state index contributed by atoms with van der Waals surface area (Å²) in [5, 5.41) is 0.666. The molecule has 3 rings (SSSR count). The van der Waals surface area contributed by atoms with Crippen molar-refractivity contribution in [2.24, 2.45) is 0 Å². The van der Waals surface area contributed by atoms with Crippen LogP contribution < -0.4 is 0 Å². The number of ketones is 1. The summed E-state index contributed by atoms with van der Waals surface area (Å²) >= 11 is 6.49. The van der Waals surface area contributed by atoms with E-state index in [1.54, 1.807) is 12.4 Å². The quantitative estimate of drug-likeness (QED) is 0.494. The molecular formula is C23H20ClNO. The van der Waals surface area contributed by atoms with Crippen molar-refractivity contribution in [3.63, 3.8) is 0 Å². The predicted molar refractivity (Wildman–Crippen MR) is 109 cm³/mol. The van der Waals surface area contributed by atoms with Gasteiger partial charge in [-0.15, -0.1) is 0 Å². The van der Waals surface area contributed by atoms with Crippen molar-refractivity contribution in [2.45, 2.75) is 20.3 Å². The van der Waals surface area contributed by atoms with Gasteiger partial charge < -0.3 is 0 Å². The van der Waals surface area contributed by atoms with Crippen molar-refractivity contribution in [2.75, 3.05) is 0 Å². The first-order chi connectivity index (χ1) is 12.5. The average Bonchev–Trinajstić information content (AvgIpc) is 2.68. The molecule has 0 atom stereocenters. The van der Waals surface area contributed by atoms with Crippen LogP contribution in [0.25, 0.3) is 27.8 Å². The zero-order chi connectivity index (χ0) is 18.7. The number of hydrogen-bond acceptors (Lipinski definition) is 2. The van der Waals surface area contributed by atoms with Crippen LogP contribution in [-0.4, -0.2) is 10.8 Å². The number of halogens is 1. The lowest BCUT2D eigenvalue weighted by atomic mass is 9.92. The van der Waals surface area contributed by atoms with Gasteiger partial charge in [0.2, 0.25) is 0 Å². The van der Waals surface area contributed by atoms with E-state index in [1.807, 2.05) is 50.2 Å². The molecule has 0 fully saturated rings. The number of aromatic nitrogens is 1. The average molecular weight is 362 g/mol. The molecule has 0 amide bonds. The van der Waals surface area contributed by atoms with E-state index in [2.05, 4.69) is 23.7 Å². The Morgan fingerprint density at radius 3 is 2.19 bits per heavy atom. The number of Topliss-reactive ketones (excluding diaryl/α,β-unsaturated/α-hetero) is 1. The van der Waals surface area contributed by atoms with E-state index in [0.717, 1.165) is 33.4 Å². The molecule has 0 saturated carbocycles. The zero-order valence-corrected chi connectivity index (χ0v) is 15.7. The Morgan fingerprint density at radius 1 is 1.00 bits per heavy atom. The number of rotatable bonds is 5. The molecule has 3 aromatic rings. The minimum Gasteiger partial charge on any atom is -0.294 e. The van der Waals surface area contributed by atoms with Gasteiger partial charge in [0, 0.05) is 35.0 Å². The molecule has 0 spiro atoms. The fourth-order valence-electron chi connectivity index (χ4n) is 2.97. The van der Waals surface area contributed by atoms with Crippen LogP contribution in [0.4, 0.5) is 0 Å². The lowest BCUT2D eigenvalue weighted by molar-refractivity contribution is -0.113. The highest BCUT2D eigenvalue weighted by molar-refractivity contribution is 6.33. The molecule has 2 aromatic carbocycles. The molecule has 130 valence electrons. The summed E-state index contributed by atoms with van der Waals surface area (Å²) in [4.78, 5) is 16.1. The van der Waals surface area contributed by atoms with Gasteiger partial charge in [0.05, 0.1) is 0 Å². The van der Waals surface area contributed by atoms with E-state index < -0.39 is 0 Å². The predicted octanol–water partition coefficient (Wildman–Crippen LogP) is 6.37. The van der Waals surface area contributed by atoms with E-state index in [9.17, 15) is 4.79 Å². The van der Waals surface area contributed by atoms with Gasteiger partial charge in [-0.3, -0.25) is 9.78 Å². The van der Waals surface area contributed by atoms with Gasteiger partial charge in [0.1, 0.15) is 0 Å². The Balaban J connectivity index is 2.01. The second-order valence-corrected chi connectivity index (χ2v) is 6.62. The number of pyridine rings is 1. The topological polar surface area (TPSA) is 30.0 Å². The molecule has 0 saturated heterocycles. The van der Waals surface area contributed by atoms with Crippen LogP contribution in [0.1, 0.15) is 24.5 Å². The normalized spacial score (nSPS) is 10.6. The highest BCUT2D eigenvalue weighted by Crippen LogP contribution is 2.34. The van der Waals surface area contributed by atoms with Crippen molar-refractivity contribution in [1.82, 2.24) is 4.98 Å².